The van der Waals surface area contributed by atoms with E-state index in [2.05, 4.69) is 11.2 Å². The zero-order chi connectivity index (χ0) is 17.6. The fourth-order valence-corrected chi connectivity index (χ4v) is 3.85. The molecule has 0 aromatic carbocycles. The lowest BCUT2D eigenvalue weighted by atomic mass is 10.0. The van der Waals surface area contributed by atoms with Crippen molar-refractivity contribution in [2.75, 3.05) is 0 Å². The first-order valence-corrected chi connectivity index (χ1v) is 8.85. The molecule has 130 valence electrons. The fourth-order valence-electron chi connectivity index (χ4n) is 3.61. The number of hydrogen-bond donors (Lipinski definition) is 1. The van der Waals surface area contributed by atoms with E-state index in [-0.39, 0.29) is 5.69 Å². The Hall–Kier alpha value is -2.34. The zero-order valence-electron chi connectivity index (χ0n) is 13.9. The molecule has 0 spiro atoms. The van der Waals surface area contributed by atoms with Gasteiger partial charge in [-0.25, -0.2) is 9.31 Å². The van der Waals surface area contributed by atoms with Crippen LogP contribution >= 0.6 is 11.6 Å². The van der Waals surface area contributed by atoms with Crippen molar-refractivity contribution in [2.24, 2.45) is 0 Å². The van der Waals surface area contributed by atoms with Gasteiger partial charge in [0.2, 0.25) is 0 Å². The number of nitrogens with zero attached hydrogens (tertiary/aromatic N) is 4. The predicted octanol–water partition coefficient (Wildman–Crippen LogP) is 3.90. The van der Waals surface area contributed by atoms with Gasteiger partial charge in [-0.1, -0.05) is 24.4 Å². The first kappa shape index (κ1) is 16.1. The van der Waals surface area contributed by atoms with Crippen LogP contribution < -0.4 is 0 Å². The van der Waals surface area contributed by atoms with Crippen LogP contribution in [0.25, 0.3) is 5.52 Å². The molecule has 3 heterocycles. The van der Waals surface area contributed by atoms with Crippen molar-refractivity contribution in [3.8, 4) is 0 Å². The number of rotatable bonds is 4. The number of carboxylic acids is 1. The lowest BCUT2D eigenvalue weighted by Gasteiger charge is -2.08. The molecule has 1 fully saturated rings. The zero-order valence-corrected chi connectivity index (χ0v) is 14.7. The molecule has 25 heavy (non-hydrogen) atoms. The van der Waals surface area contributed by atoms with Crippen molar-refractivity contribution in [2.45, 2.75) is 45.1 Å². The van der Waals surface area contributed by atoms with Crippen LogP contribution in [-0.4, -0.2) is 30.5 Å². The maximum absolute atomic E-state index is 11.1. The maximum atomic E-state index is 11.1. The molecule has 7 heteroatoms. The van der Waals surface area contributed by atoms with Crippen molar-refractivity contribution in [3.05, 3.63) is 52.1 Å². The maximum Gasteiger partial charge on any atom is 0.356 e. The molecular weight excluding hydrogens is 340 g/mol. The van der Waals surface area contributed by atoms with Gasteiger partial charge in [0.1, 0.15) is 0 Å². The molecule has 1 saturated carbocycles. The summed E-state index contributed by atoms with van der Waals surface area (Å²) in [5.74, 6) is -0.503. The van der Waals surface area contributed by atoms with Crippen molar-refractivity contribution in [1.82, 2.24) is 19.4 Å². The van der Waals surface area contributed by atoms with E-state index in [1.165, 1.54) is 25.7 Å². The summed E-state index contributed by atoms with van der Waals surface area (Å²) in [7, 11) is 0. The Bertz CT molecular complexity index is 954. The van der Waals surface area contributed by atoms with Crippen molar-refractivity contribution in [3.63, 3.8) is 0 Å². The van der Waals surface area contributed by atoms with Gasteiger partial charge in [-0.2, -0.15) is 10.2 Å². The van der Waals surface area contributed by atoms with Crippen molar-refractivity contribution >= 4 is 23.1 Å². The highest BCUT2D eigenvalue weighted by Gasteiger charge is 2.21. The quantitative estimate of drug-likeness (QED) is 0.767. The molecular formula is C18H19ClN4O2. The van der Waals surface area contributed by atoms with Gasteiger partial charge in [0.25, 0.3) is 0 Å². The summed E-state index contributed by atoms with van der Waals surface area (Å²) in [6.45, 7) is 2.26. The van der Waals surface area contributed by atoms with Crippen LogP contribution in [0.2, 0.25) is 5.02 Å². The largest absolute Gasteiger partial charge is 0.476 e. The molecule has 0 unspecified atom stereocenters. The van der Waals surface area contributed by atoms with E-state index in [1.807, 2.05) is 23.6 Å². The van der Waals surface area contributed by atoms with Gasteiger partial charge in [0.05, 0.1) is 23.4 Å². The highest BCUT2D eigenvalue weighted by Crippen LogP contribution is 2.34. The van der Waals surface area contributed by atoms with Crippen LogP contribution in [0.1, 0.15) is 59.2 Å². The summed E-state index contributed by atoms with van der Waals surface area (Å²) in [4.78, 5) is 11.1. The summed E-state index contributed by atoms with van der Waals surface area (Å²) in [6.07, 6.45) is 4.90. The highest BCUT2D eigenvalue weighted by atomic mass is 35.5. The number of pyridine rings is 1. The van der Waals surface area contributed by atoms with Crippen LogP contribution in [-0.2, 0) is 6.54 Å². The third-order valence-electron chi connectivity index (χ3n) is 4.90. The first-order chi connectivity index (χ1) is 12.0. The van der Waals surface area contributed by atoms with Gasteiger partial charge >= 0.3 is 5.97 Å². The van der Waals surface area contributed by atoms with E-state index in [4.69, 9.17) is 21.8 Å². The van der Waals surface area contributed by atoms with Gasteiger partial charge in [0, 0.05) is 16.6 Å². The summed E-state index contributed by atoms with van der Waals surface area (Å²) < 4.78 is 3.58. The number of aromatic carboxylic acids is 1. The first-order valence-electron chi connectivity index (χ1n) is 8.47. The second kappa shape index (κ2) is 6.19. The predicted molar refractivity (Wildman–Crippen MR) is 94.4 cm³/mol. The number of hydrogen-bond acceptors (Lipinski definition) is 3. The molecule has 0 atom stereocenters. The summed E-state index contributed by atoms with van der Waals surface area (Å²) >= 11 is 6.29. The Morgan fingerprint density at radius 3 is 2.68 bits per heavy atom. The van der Waals surface area contributed by atoms with Gasteiger partial charge in [-0.05, 0) is 44.0 Å². The highest BCUT2D eigenvalue weighted by molar-refractivity contribution is 6.31. The number of carboxylic acid groups (broad SMARTS) is 1. The normalized spacial score (nSPS) is 15.3. The van der Waals surface area contributed by atoms with Gasteiger partial charge < -0.3 is 5.11 Å². The van der Waals surface area contributed by atoms with Gasteiger partial charge in [0.15, 0.2) is 5.69 Å². The Labute approximate surface area is 150 Å². The van der Waals surface area contributed by atoms with Gasteiger partial charge in [-0.3, -0.25) is 4.68 Å². The summed E-state index contributed by atoms with van der Waals surface area (Å²) in [5, 5.41) is 18.7. The van der Waals surface area contributed by atoms with Crippen LogP contribution in [0.4, 0.5) is 0 Å². The number of fused-ring (bicyclic) bond motifs is 1. The van der Waals surface area contributed by atoms with E-state index in [9.17, 15) is 4.79 Å². The lowest BCUT2D eigenvalue weighted by molar-refractivity contribution is 0.0689. The van der Waals surface area contributed by atoms with E-state index < -0.39 is 5.97 Å². The minimum Gasteiger partial charge on any atom is -0.476 e. The average molecular weight is 359 g/mol. The lowest BCUT2D eigenvalue weighted by Crippen LogP contribution is -2.10. The topological polar surface area (TPSA) is 72.4 Å². The molecule has 0 amide bonds. The molecule has 0 saturated heterocycles. The Morgan fingerprint density at radius 2 is 2.00 bits per heavy atom. The van der Waals surface area contributed by atoms with E-state index in [1.54, 1.807) is 10.7 Å². The molecule has 6 nitrogen and oxygen atoms in total. The molecule has 0 bridgehead atoms. The van der Waals surface area contributed by atoms with E-state index in [0.717, 1.165) is 22.6 Å². The summed E-state index contributed by atoms with van der Waals surface area (Å²) in [5.41, 5.74) is 3.79. The standard InChI is InChI=1S/C18H19ClN4O2/c1-11-6-17(18(24)25)20-22(11)10-15-8-13(19)7-14-9-16(21-23(14)15)12-4-2-3-5-12/h6-9,12H,2-5,10H2,1H3,(H,24,25). The fraction of sp³-hybridized carbons (Fsp3) is 0.389. The molecule has 3 aromatic rings. The second-order valence-electron chi connectivity index (χ2n) is 6.69. The number of aryl methyl sites for hydroxylation is 1. The van der Waals surface area contributed by atoms with E-state index in [0.29, 0.717) is 17.5 Å². The average Bonchev–Trinajstić information content (AvgIpc) is 3.26. The molecule has 0 aliphatic heterocycles. The SMILES string of the molecule is Cc1cc(C(=O)O)nn1Cc1cc(Cl)cc2cc(C3CCCC3)nn12. The summed E-state index contributed by atoms with van der Waals surface area (Å²) in [6, 6.07) is 7.46. The Balaban J connectivity index is 1.74. The van der Waals surface area contributed by atoms with Crippen LogP contribution in [0.15, 0.2) is 24.3 Å². The Morgan fingerprint density at radius 1 is 1.24 bits per heavy atom. The molecule has 1 aliphatic carbocycles. The molecule has 3 aromatic heterocycles. The second-order valence-corrected chi connectivity index (χ2v) is 7.12. The van der Waals surface area contributed by atoms with Gasteiger partial charge in [-0.15, -0.1) is 0 Å². The van der Waals surface area contributed by atoms with E-state index >= 15 is 0 Å². The van der Waals surface area contributed by atoms with Crippen molar-refractivity contribution in [1.29, 1.82) is 0 Å². The third-order valence-corrected chi connectivity index (χ3v) is 5.12. The number of aromatic nitrogens is 4. The van der Waals surface area contributed by atoms with Crippen LogP contribution in [0.3, 0.4) is 0 Å². The third kappa shape index (κ3) is 3.02. The number of carbonyl (C=O) groups is 1. The van der Waals surface area contributed by atoms with Crippen LogP contribution in [0.5, 0.6) is 0 Å². The number of halogens is 1. The smallest absolute Gasteiger partial charge is 0.356 e. The minimum absolute atomic E-state index is 0.0443. The molecule has 1 aliphatic rings. The Kier molecular flexibility index (Phi) is 4.00. The molecule has 1 N–H and O–H groups in total. The minimum atomic E-state index is -1.03. The van der Waals surface area contributed by atoms with Crippen LogP contribution in [0, 0.1) is 6.92 Å². The monoisotopic (exact) mass is 358 g/mol. The van der Waals surface area contributed by atoms with Crippen molar-refractivity contribution < 1.29 is 9.90 Å². The molecule has 0 radical (unpaired) electrons. The molecule has 4 rings (SSSR count).